The van der Waals surface area contributed by atoms with E-state index in [1.807, 2.05) is 45.0 Å². The molecule has 59 heavy (non-hydrogen) atoms. The minimum absolute atomic E-state index is 0.0164. The largest absolute Gasteiger partial charge is 0.491 e. The van der Waals surface area contributed by atoms with Gasteiger partial charge in [0.05, 0.1) is 29.5 Å². The molecular weight excluding hydrogens is 778 g/mol. The van der Waals surface area contributed by atoms with Crippen molar-refractivity contribution in [3.05, 3.63) is 105 Å². The maximum absolute atomic E-state index is 12.4. The Morgan fingerprint density at radius 2 is 1.64 bits per heavy atom. The van der Waals surface area contributed by atoms with Gasteiger partial charge < -0.3 is 18.9 Å². The maximum Gasteiger partial charge on any atom is 0.249 e. The summed E-state index contributed by atoms with van der Waals surface area (Å²) in [5, 5.41) is 22.9. The number of hydrogen-bond donors (Lipinski definition) is 2. The molecule has 1 unspecified atom stereocenters. The molecule has 1 fully saturated rings. The van der Waals surface area contributed by atoms with Crippen molar-refractivity contribution in [3.63, 3.8) is 0 Å². The number of ketones is 2. The molecule has 3 aromatic carbocycles. The summed E-state index contributed by atoms with van der Waals surface area (Å²) in [6, 6.07) is 20.0. The molecule has 15 heteroatoms. The van der Waals surface area contributed by atoms with Crippen molar-refractivity contribution in [1.82, 2.24) is 15.3 Å². The monoisotopic (exact) mass is 827 g/mol. The molecule has 0 saturated carbocycles. The van der Waals surface area contributed by atoms with Crippen LogP contribution in [-0.2, 0) is 26.3 Å². The third kappa shape index (κ3) is 12.8. The number of nitrogens with one attached hydrogen (secondary N) is 1. The van der Waals surface area contributed by atoms with Crippen LogP contribution in [0.3, 0.4) is 0 Å². The Balaban J connectivity index is 0.000000753. The number of rotatable bonds is 17. The van der Waals surface area contributed by atoms with Gasteiger partial charge in [-0.3, -0.25) is 29.7 Å². The molecule has 0 radical (unpaired) electrons. The molecule has 1 aromatic heterocycles. The summed E-state index contributed by atoms with van der Waals surface area (Å²) in [7, 11) is 1.44. The van der Waals surface area contributed by atoms with Gasteiger partial charge in [0.15, 0.2) is 17.3 Å². The van der Waals surface area contributed by atoms with E-state index in [1.165, 1.54) is 14.0 Å². The predicted octanol–water partition coefficient (Wildman–Crippen LogP) is 7.31. The van der Waals surface area contributed by atoms with E-state index in [4.69, 9.17) is 30.5 Å². The Morgan fingerprint density at radius 3 is 2.25 bits per heavy atom. The number of carbonyl (C=O) groups excluding carboxylic acids is 4. The SMILES string of the molecule is CC(=O)c1cc(OCCOCCOc2c(Cl)cc(C(C)(C)c3ccc(OCc4ccnc(N(C)O)n4)cc3)cc2C#N)ccc1C(=O)C(C)C.CC1CCC(=O)NC1=O. The number of amides is 2. The minimum Gasteiger partial charge on any atom is -0.491 e. The van der Waals surface area contributed by atoms with Crippen LogP contribution in [0.1, 0.15) is 97.5 Å². The lowest BCUT2D eigenvalue weighted by Gasteiger charge is -2.27. The number of carbonyl (C=O) groups is 4. The number of anilines is 1. The van der Waals surface area contributed by atoms with Crippen LogP contribution in [-0.4, -0.2) is 72.0 Å². The van der Waals surface area contributed by atoms with Crippen LogP contribution in [0.2, 0.25) is 5.02 Å². The number of nitrogens with zero attached hydrogens (tertiary/aromatic N) is 4. The highest BCUT2D eigenvalue weighted by Crippen LogP contribution is 2.38. The van der Waals surface area contributed by atoms with Crippen molar-refractivity contribution in [3.8, 4) is 23.3 Å². The fraction of sp³-hybridized carbons (Fsp3) is 0.386. The Morgan fingerprint density at radius 1 is 0.966 bits per heavy atom. The normalized spacial score (nSPS) is 13.7. The molecule has 0 bridgehead atoms. The summed E-state index contributed by atoms with van der Waals surface area (Å²) in [6.45, 7) is 12.0. The number of hydroxylamine groups is 1. The number of imide groups is 1. The zero-order valence-corrected chi connectivity index (χ0v) is 35.1. The Bertz CT molecular complexity index is 2170. The quantitative estimate of drug-likeness (QED) is 0.0467. The first-order valence-electron chi connectivity index (χ1n) is 19.1. The third-order valence-electron chi connectivity index (χ3n) is 9.48. The highest BCUT2D eigenvalue weighted by Gasteiger charge is 2.26. The number of piperidine rings is 1. The Labute approximate surface area is 349 Å². The van der Waals surface area contributed by atoms with Gasteiger partial charge in [0, 0.05) is 48.0 Å². The van der Waals surface area contributed by atoms with Crippen molar-refractivity contribution < 1.29 is 43.3 Å². The molecule has 1 saturated heterocycles. The first-order valence-corrected chi connectivity index (χ1v) is 19.5. The smallest absolute Gasteiger partial charge is 0.249 e. The molecule has 5 rings (SSSR count). The molecule has 2 heterocycles. The minimum atomic E-state index is -0.502. The van der Waals surface area contributed by atoms with Gasteiger partial charge in [0.1, 0.15) is 37.4 Å². The average molecular weight is 828 g/mol. The van der Waals surface area contributed by atoms with E-state index in [2.05, 4.69) is 21.4 Å². The first-order chi connectivity index (χ1) is 28.0. The van der Waals surface area contributed by atoms with E-state index in [0.717, 1.165) is 16.2 Å². The summed E-state index contributed by atoms with van der Waals surface area (Å²) in [4.78, 5) is 53.9. The van der Waals surface area contributed by atoms with Crippen LogP contribution in [0.5, 0.6) is 17.2 Å². The Kier molecular flexibility index (Phi) is 16.5. The van der Waals surface area contributed by atoms with Crippen LogP contribution in [0.25, 0.3) is 0 Å². The van der Waals surface area contributed by atoms with Crippen LogP contribution in [0, 0.1) is 23.2 Å². The van der Waals surface area contributed by atoms with E-state index < -0.39 is 5.41 Å². The number of ether oxygens (including phenoxy) is 4. The fourth-order valence-corrected chi connectivity index (χ4v) is 6.13. The molecule has 1 aliphatic heterocycles. The fourth-order valence-electron chi connectivity index (χ4n) is 5.85. The van der Waals surface area contributed by atoms with Crippen molar-refractivity contribution in [2.75, 3.05) is 38.5 Å². The first kappa shape index (κ1) is 45.8. The van der Waals surface area contributed by atoms with Crippen molar-refractivity contribution in [1.29, 1.82) is 5.26 Å². The lowest BCUT2D eigenvalue weighted by Crippen LogP contribution is -2.39. The van der Waals surface area contributed by atoms with Crippen LogP contribution in [0.15, 0.2) is 66.9 Å². The molecule has 0 spiro atoms. The number of Topliss-reactive ketones (excluding diaryl/α,β-unsaturated/α-hetero) is 2. The average Bonchev–Trinajstić information content (AvgIpc) is 3.21. The van der Waals surface area contributed by atoms with Crippen molar-refractivity contribution in [2.45, 2.75) is 66.4 Å². The van der Waals surface area contributed by atoms with Gasteiger partial charge in [0.25, 0.3) is 0 Å². The topological polar surface area (TPSA) is 190 Å². The number of benzene rings is 3. The molecular formula is C44H50ClN5O9. The molecule has 1 atom stereocenters. The van der Waals surface area contributed by atoms with E-state index in [0.29, 0.717) is 51.7 Å². The highest BCUT2D eigenvalue weighted by molar-refractivity contribution is 6.32. The molecule has 1 aliphatic rings. The van der Waals surface area contributed by atoms with Crippen LogP contribution >= 0.6 is 11.6 Å². The van der Waals surface area contributed by atoms with Crippen LogP contribution in [0.4, 0.5) is 5.95 Å². The standard InChI is InChI=1S/C38H41ClN4O7.C6H9NO2/c1-24(2)35(45)32-12-11-31(21-33(32)25(3)44)48-17-15-47-16-18-49-36-26(22-40)19-28(20-34(36)39)38(4,5)27-7-9-30(10-8-27)50-23-29-13-14-41-37(42-29)43(6)46;1-4-2-3-5(8)7-6(4)9/h7-14,19-21,24,46H,15-18,23H2,1-6H3;4H,2-3H2,1H3,(H,7,8,9). The number of nitriles is 1. The van der Waals surface area contributed by atoms with E-state index >= 15 is 0 Å². The second-order valence-electron chi connectivity index (χ2n) is 14.7. The van der Waals surface area contributed by atoms with Gasteiger partial charge in [-0.25, -0.2) is 15.0 Å². The summed E-state index contributed by atoms with van der Waals surface area (Å²) in [5.74, 6) is 0.796. The number of halogens is 1. The van der Waals surface area contributed by atoms with Crippen LogP contribution < -0.4 is 24.6 Å². The van der Waals surface area contributed by atoms with Gasteiger partial charge in [-0.2, -0.15) is 5.26 Å². The predicted molar refractivity (Wildman–Crippen MR) is 220 cm³/mol. The second kappa shape index (κ2) is 21.2. The molecule has 312 valence electrons. The zero-order valence-electron chi connectivity index (χ0n) is 34.3. The number of hydrogen-bond acceptors (Lipinski definition) is 13. The summed E-state index contributed by atoms with van der Waals surface area (Å²) in [5.41, 5.74) is 2.97. The summed E-state index contributed by atoms with van der Waals surface area (Å²) < 4.78 is 23.1. The lowest BCUT2D eigenvalue weighted by molar-refractivity contribution is -0.135. The number of aromatic nitrogens is 2. The third-order valence-corrected chi connectivity index (χ3v) is 9.76. The van der Waals surface area contributed by atoms with Crippen molar-refractivity contribution >= 4 is 40.9 Å². The molecule has 0 aliphatic carbocycles. The zero-order chi connectivity index (χ0) is 43.3. The van der Waals surface area contributed by atoms with Gasteiger partial charge >= 0.3 is 0 Å². The molecule has 2 amide bonds. The van der Waals surface area contributed by atoms with Gasteiger partial charge in [-0.1, -0.05) is 58.4 Å². The van der Waals surface area contributed by atoms with Crippen molar-refractivity contribution in [2.24, 2.45) is 11.8 Å². The van der Waals surface area contributed by atoms with Gasteiger partial charge in [0.2, 0.25) is 17.8 Å². The molecule has 2 N–H and O–H groups in total. The molecule has 14 nitrogen and oxygen atoms in total. The van der Waals surface area contributed by atoms with E-state index in [9.17, 15) is 29.6 Å². The summed E-state index contributed by atoms with van der Waals surface area (Å²) >= 11 is 6.64. The molecule has 4 aromatic rings. The van der Waals surface area contributed by atoms with Gasteiger partial charge in [-0.05, 0) is 73.0 Å². The van der Waals surface area contributed by atoms with Gasteiger partial charge in [-0.15, -0.1) is 0 Å². The lowest BCUT2D eigenvalue weighted by atomic mass is 9.77. The second-order valence-corrected chi connectivity index (χ2v) is 15.1. The summed E-state index contributed by atoms with van der Waals surface area (Å²) in [6.07, 6.45) is 2.74. The highest BCUT2D eigenvalue weighted by atomic mass is 35.5. The maximum atomic E-state index is 12.4. The van der Waals surface area contributed by atoms with E-state index in [-0.39, 0.29) is 79.9 Å². The van der Waals surface area contributed by atoms with E-state index in [1.54, 1.807) is 56.4 Å². The Hall–Kier alpha value is -5.88.